The second kappa shape index (κ2) is 7.44. The number of nitrogens with two attached hydrogens (primary N) is 1. The van der Waals surface area contributed by atoms with Crippen LogP contribution in [-0.2, 0) is 6.54 Å². The molecule has 4 heteroatoms. The molecule has 1 aromatic rings. The molecule has 1 fully saturated rings. The zero-order chi connectivity index (χ0) is 15.2. The van der Waals surface area contributed by atoms with E-state index < -0.39 is 0 Å². The molecule has 114 valence electrons. The maximum Gasteiger partial charge on any atom is 0.123 e. The number of likely N-dealkylation sites (tertiary alicyclic amines) is 1. The Labute approximate surface area is 127 Å². The molecule has 0 aliphatic carbocycles. The Bertz CT molecular complexity index is 509. The van der Waals surface area contributed by atoms with Crippen molar-refractivity contribution in [2.45, 2.75) is 38.8 Å². The number of ether oxygens (including phenoxy) is 1. The summed E-state index contributed by atoms with van der Waals surface area (Å²) in [4.78, 5) is 2.44. The van der Waals surface area contributed by atoms with Gasteiger partial charge in [0.15, 0.2) is 0 Å². The molecular formula is C17H25N3O. The third kappa shape index (κ3) is 3.75. The fraction of sp³-hybridized carbons (Fsp3) is 0.588. The fourth-order valence-corrected chi connectivity index (χ4v) is 3.20. The van der Waals surface area contributed by atoms with Crippen molar-refractivity contribution in [2.75, 3.05) is 20.2 Å². The molecule has 2 atom stereocenters. The zero-order valence-corrected chi connectivity index (χ0v) is 13.0. The molecule has 2 unspecified atom stereocenters. The molecule has 1 heterocycles. The van der Waals surface area contributed by atoms with Crippen molar-refractivity contribution in [3.05, 3.63) is 29.3 Å². The van der Waals surface area contributed by atoms with E-state index >= 15 is 0 Å². The first-order valence-corrected chi connectivity index (χ1v) is 7.72. The molecule has 0 bridgehead atoms. The molecule has 21 heavy (non-hydrogen) atoms. The van der Waals surface area contributed by atoms with Gasteiger partial charge in [0.2, 0.25) is 0 Å². The van der Waals surface area contributed by atoms with Gasteiger partial charge in [-0.3, -0.25) is 4.90 Å². The molecule has 0 spiro atoms. The van der Waals surface area contributed by atoms with Gasteiger partial charge in [-0.2, -0.15) is 5.26 Å². The van der Waals surface area contributed by atoms with E-state index in [9.17, 15) is 0 Å². The van der Waals surface area contributed by atoms with Gasteiger partial charge < -0.3 is 10.5 Å². The summed E-state index contributed by atoms with van der Waals surface area (Å²) in [5, 5.41) is 9.07. The summed E-state index contributed by atoms with van der Waals surface area (Å²) in [6.45, 7) is 4.82. The highest BCUT2D eigenvalue weighted by Gasteiger charge is 2.27. The van der Waals surface area contributed by atoms with Crippen LogP contribution in [0, 0.1) is 17.2 Å². The SMILES string of the molecule is CCC1CCN(Cc2cc(C#N)ccc2OC)C(CN)C1. The van der Waals surface area contributed by atoms with E-state index in [-0.39, 0.29) is 0 Å². The third-order valence-electron chi connectivity index (χ3n) is 4.58. The van der Waals surface area contributed by atoms with E-state index in [1.807, 2.05) is 12.1 Å². The Morgan fingerprint density at radius 3 is 2.90 bits per heavy atom. The first-order chi connectivity index (χ1) is 10.2. The highest BCUT2D eigenvalue weighted by Crippen LogP contribution is 2.28. The van der Waals surface area contributed by atoms with Gasteiger partial charge in [-0.15, -0.1) is 0 Å². The molecular weight excluding hydrogens is 262 g/mol. The monoisotopic (exact) mass is 287 g/mol. The van der Waals surface area contributed by atoms with Gasteiger partial charge in [0.25, 0.3) is 0 Å². The molecule has 0 radical (unpaired) electrons. The normalized spacial score (nSPS) is 22.8. The molecule has 0 aromatic heterocycles. The van der Waals surface area contributed by atoms with Crippen molar-refractivity contribution in [2.24, 2.45) is 11.7 Å². The molecule has 1 saturated heterocycles. The van der Waals surface area contributed by atoms with Crippen molar-refractivity contribution >= 4 is 0 Å². The molecule has 1 aliphatic rings. The largest absolute Gasteiger partial charge is 0.496 e. The number of rotatable bonds is 5. The van der Waals surface area contributed by atoms with Crippen LogP contribution in [0.25, 0.3) is 0 Å². The second-order valence-corrected chi connectivity index (χ2v) is 5.80. The standard InChI is InChI=1S/C17H25N3O/c1-3-13-6-7-20(16(9-13)11-19)12-15-8-14(10-18)4-5-17(15)21-2/h4-5,8,13,16H,3,6-7,9,11-12,19H2,1-2H3. The topological polar surface area (TPSA) is 62.3 Å². The summed E-state index contributed by atoms with van der Waals surface area (Å²) < 4.78 is 5.43. The van der Waals surface area contributed by atoms with Crippen molar-refractivity contribution in [3.8, 4) is 11.8 Å². The first-order valence-electron chi connectivity index (χ1n) is 7.72. The predicted molar refractivity (Wildman–Crippen MR) is 84.0 cm³/mol. The smallest absolute Gasteiger partial charge is 0.123 e. The summed E-state index contributed by atoms with van der Waals surface area (Å²) in [5.74, 6) is 1.64. The van der Waals surface area contributed by atoms with E-state index in [1.165, 1.54) is 19.3 Å². The number of hydrogen-bond donors (Lipinski definition) is 1. The van der Waals surface area contributed by atoms with Gasteiger partial charge in [0.1, 0.15) is 5.75 Å². The Morgan fingerprint density at radius 1 is 1.48 bits per heavy atom. The summed E-state index contributed by atoms with van der Waals surface area (Å²) in [7, 11) is 1.68. The lowest BCUT2D eigenvalue weighted by Gasteiger charge is -2.39. The Kier molecular flexibility index (Phi) is 5.60. The summed E-state index contributed by atoms with van der Waals surface area (Å²) in [6, 6.07) is 8.23. The summed E-state index contributed by atoms with van der Waals surface area (Å²) in [6.07, 6.45) is 3.64. The van der Waals surface area contributed by atoms with E-state index in [0.717, 1.165) is 30.3 Å². The maximum absolute atomic E-state index is 9.07. The molecule has 2 rings (SSSR count). The lowest BCUT2D eigenvalue weighted by Crippen LogP contribution is -2.46. The highest BCUT2D eigenvalue weighted by molar-refractivity contribution is 5.42. The van der Waals surface area contributed by atoms with E-state index in [1.54, 1.807) is 13.2 Å². The first kappa shape index (κ1) is 15.8. The van der Waals surface area contributed by atoms with Crippen molar-refractivity contribution in [3.63, 3.8) is 0 Å². The Hall–Kier alpha value is -1.57. The van der Waals surface area contributed by atoms with Crippen LogP contribution < -0.4 is 10.5 Å². The minimum absolute atomic E-state index is 0.430. The maximum atomic E-state index is 9.07. The minimum atomic E-state index is 0.430. The third-order valence-corrected chi connectivity index (χ3v) is 4.58. The van der Waals surface area contributed by atoms with Crippen LogP contribution in [0.5, 0.6) is 5.75 Å². The van der Waals surface area contributed by atoms with E-state index in [0.29, 0.717) is 18.2 Å². The molecule has 1 aromatic carbocycles. The number of piperidine rings is 1. The number of nitrogens with zero attached hydrogens (tertiary/aromatic N) is 2. The van der Waals surface area contributed by atoms with Crippen LogP contribution in [0.3, 0.4) is 0 Å². The van der Waals surface area contributed by atoms with Crippen molar-refractivity contribution in [1.29, 1.82) is 5.26 Å². The van der Waals surface area contributed by atoms with Crippen molar-refractivity contribution < 1.29 is 4.74 Å². The number of benzene rings is 1. The zero-order valence-electron chi connectivity index (χ0n) is 13.0. The van der Waals surface area contributed by atoms with Crippen LogP contribution in [0.15, 0.2) is 18.2 Å². The lowest BCUT2D eigenvalue weighted by atomic mass is 9.88. The van der Waals surface area contributed by atoms with Gasteiger partial charge in [-0.25, -0.2) is 0 Å². The quantitative estimate of drug-likeness (QED) is 0.904. The number of methoxy groups -OCH3 is 1. The average Bonchev–Trinajstić information content (AvgIpc) is 2.55. The molecule has 2 N–H and O–H groups in total. The molecule has 0 saturated carbocycles. The summed E-state index contributed by atoms with van der Waals surface area (Å²) >= 11 is 0. The number of nitriles is 1. The Morgan fingerprint density at radius 2 is 2.29 bits per heavy atom. The molecule has 4 nitrogen and oxygen atoms in total. The van der Waals surface area contributed by atoms with E-state index in [2.05, 4.69) is 17.9 Å². The van der Waals surface area contributed by atoms with Crippen molar-refractivity contribution in [1.82, 2.24) is 4.90 Å². The van der Waals surface area contributed by atoms with Gasteiger partial charge in [0.05, 0.1) is 18.7 Å². The molecule has 1 aliphatic heterocycles. The van der Waals surface area contributed by atoms with Crippen LogP contribution in [0.2, 0.25) is 0 Å². The Balaban J connectivity index is 2.15. The van der Waals surface area contributed by atoms with Crippen LogP contribution in [0.4, 0.5) is 0 Å². The minimum Gasteiger partial charge on any atom is -0.496 e. The fourth-order valence-electron chi connectivity index (χ4n) is 3.20. The summed E-state index contributed by atoms with van der Waals surface area (Å²) in [5.41, 5.74) is 7.72. The lowest BCUT2D eigenvalue weighted by molar-refractivity contribution is 0.106. The van der Waals surface area contributed by atoms with Crippen LogP contribution in [-0.4, -0.2) is 31.1 Å². The van der Waals surface area contributed by atoms with Crippen LogP contribution >= 0.6 is 0 Å². The van der Waals surface area contributed by atoms with Gasteiger partial charge >= 0.3 is 0 Å². The van der Waals surface area contributed by atoms with Crippen LogP contribution in [0.1, 0.15) is 37.3 Å². The van der Waals surface area contributed by atoms with Gasteiger partial charge in [-0.05, 0) is 43.5 Å². The number of hydrogen-bond acceptors (Lipinski definition) is 4. The van der Waals surface area contributed by atoms with Gasteiger partial charge in [-0.1, -0.05) is 13.3 Å². The average molecular weight is 287 g/mol. The van der Waals surface area contributed by atoms with Gasteiger partial charge in [0, 0.05) is 24.7 Å². The highest BCUT2D eigenvalue weighted by atomic mass is 16.5. The second-order valence-electron chi connectivity index (χ2n) is 5.80. The predicted octanol–water partition coefficient (Wildman–Crippen LogP) is 2.52. The van der Waals surface area contributed by atoms with E-state index in [4.69, 9.17) is 15.7 Å². The molecule has 0 amide bonds.